The zero-order chi connectivity index (χ0) is 10.3. The highest BCUT2D eigenvalue weighted by Crippen LogP contribution is 2.28. The average molecular weight is 198 g/mol. The largest absolute Gasteiger partial charge is 0.346 e. The van der Waals surface area contributed by atoms with Gasteiger partial charge in [0.1, 0.15) is 0 Å². The van der Waals surface area contributed by atoms with Crippen molar-refractivity contribution in [2.24, 2.45) is 0 Å². The van der Waals surface area contributed by atoms with Gasteiger partial charge in [0, 0.05) is 12.8 Å². The van der Waals surface area contributed by atoms with Gasteiger partial charge < -0.3 is 5.32 Å². The Balaban J connectivity index is 2.27. The molecule has 0 bridgehead atoms. The average Bonchev–Trinajstić information content (AvgIpc) is 2.29. The number of quaternary nitrogens is 1. The van der Waals surface area contributed by atoms with E-state index >= 15 is 0 Å². The van der Waals surface area contributed by atoms with Crippen molar-refractivity contribution >= 4 is 10.8 Å². The van der Waals surface area contributed by atoms with Crippen LogP contribution in [0.25, 0.3) is 10.8 Å². The molecule has 0 saturated heterocycles. The lowest BCUT2D eigenvalue weighted by Crippen LogP contribution is -2.87. The van der Waals surface area contributed by atoms with E-state index in [-0.39, 0.29) is 0 Å². The molecule has 76 valence electrons. The monoisotopic (exact) mass is 198 g/mol. The van der Waals surface area contributed by atoms with Crippen LogP contribution in [0.4, 0.5) is 0 Å². The van der Waals surface area contributed by atoms with Crippen LogP contribution in [0.2, 0.25) is 0 Å². The van der Waals surface area contributed by atoms with E-state index in [2.05, 4.69) is 48.8 Å². The molecule has 1 heteroatoms. The Hall–Kier alpha value is -1.34. The van der Waals surface area contributed by atoms with E-state index in [4.69, 9.17) is 0 Å². The first-order valence-corrected chi connectivity index (χ1v) is 5.67. The van der Waals surface area contributed by atoms with Crippen LogP contribution < -0.4 is 5.32 Å². The SMILES string of the molecule is C[NH2+]C1Cc2cccc3cccc(c23)C1. The summed E-state index contributed by atoms with van der Waals surface area (Å²) in [4.78, 5) is 0. The lowest BCUT2D eigenvalue weighted by Gasteiger charge is -2.22. The first-order valence-electron chi connectivity index (χ1n) is 5.67. The van der Waals surface area contributed by atoms with Gasteiger partial charge in [-0.15, -0.1) is 0 Å². The Labute approximate surface area is 90.1 Å². The highest BCUT2D eigenvalue weighted by atomic mass is 14.9. The minimum Gasteiger partial charge on any atom is -0.346 e. The number of benzene rings is 2. The summed E-state index contributed by atoms with van der Waals surface area (Å²) < 4.78 is 0. The van der Waals surface area contributed by atoms with E-state index < -0.39 is 0 Å². The highest BCUT2D eigenvalue weighted by molar-refractivity contribution is 5.89. The zero-order valence-corrected chi connectivity index (χ0v) is 9.03. The van der Waals surface area contributed by atoms with Crippen LogP contribution in [0, 0.1) is 0 Å². The van der Waals surface area contributed by atoms with Crippen molar-refractivity contribution in [3.63, 3.8) is 0 Å². The molecule has 0 radical (unpaired) electrons. The molecule has 2 N–H and O–H groups in total. The van der Waals surface area contributed by atoms with Crippen molar-refractivity contribution in [3.05, 3.63) is 47.5 Å². The summed E-state index contributed by atoms with van der Waals surface area (Å²) >= 11 is 0. The third-order valence-electron chi connectivity index (χ3n) is 3.51. The molecule has 0 amide bonds. The molecule has 0 saturated carbocycles. The molecule has 3 rings (SSSR count). The van der Waals surface area contributed by atoms with E-state index in [0.717, 1.165) is 6.04 Å². The maximum Gasteiger partial charge on any atom is 0.0939 e. The minimum atomic E-state index is 0.727. The van der Waals surface area contributed by atoms with Gasteiger partial charge >= 0.3 is 0 Å². The van der Waals surface area contributed by atoms with Crippen molar-refractivity contribution in [2.45, 2.75) is 18.9 Å². The molecule has 0 aromatic heterocycles. The van der Waals surface area contributed by atoms with Crippen LogP contribution in [0.3, 0.4) is 0 Å². The molecule has 0 aliphatic heterocycles. The second kappa shape index (κ2) is 3.35. The van der Waals surface area contributed by atoms with Crippen molar-refractivity contribution in [1.29, 1.82) is 0 Å². The molecular formula is C14H16N+. The fourth-order valence-electron chi connectivity index (χ4n) is 2.71. The summed E-state index contributed by atoms with van der Waals surface area (Å²) in [6.45, 7) is 0. The second-order valence-electron chi connectivity index (χ2n) is 4.43. The summed E-state index contributed by atoms with van der Waals surface area (Å²) in [7, 11) is 2.18. The van der Waals surface area contributed by atoms with Gasteiger partial charge in [0.2, 0.25) is 0 Å². The summed E-state index contributed by atoms with van der Waals surface area (Å²) in [6, 6.07) is 14.1. The molecule has 0 unspecified atom stereocenters. The van der Waals surface area contributed by atoms with Crippen LogP contribution in [0.5, 0.6) is 0 Å². The van der Waals surface area contributed by atoms with Gasteiger partial charge in [0.25, 0.3) is 0 Å². The van der Waals surface area contributed by atoms with Gasteiger partial charge in [-0.3, -0.25) is 0 Å². The van der Waals surface area contributed by atoms with Gasteiger partial charge in [0.05, 0.1) is 13.1 Å². The number of likely N-dealkylation sites (N-methyl/N-ethyl adjacent to an activating group) is 1. The number of hydrogen-bond acceptors (Lipinski definition) is 0. The topological polar surface area (TPSA) is 16.6 Å². The predicted octanol–water partition coefficient (Wildman–Crippen LogP) is 1.50. The Bertz CT molecular complexity index is 461. The third kappa shape index (κ3) is 1.35. The summed E-state index contributed by atoms with van der Waals surface area (Å²) in [5.41, 5.74) is 3.05. The Morgan fingerprint density at radius 1 is 1.00 bits per heavy atom. The van der Waals surface area contributed by atoms with Crippen LogP contribution in [-0.2, 0) is 12.8 Å². The van der Waals surface area contributed by atoms with E-state index in [9.17, 15) is 0 Å². The van der Waals surface area contributed by atoms with E-state index in [1.807, 2.05) is 0 Å². The molecule has 1 aliphatic carbocycles. The fourth-order valence-corrected chi connectivity index (χ4v) is 2.71. The van der Waals surface area contributed by atoms with Crippen LogP contribution in [0.15, 0.2) is 36.4 Å². The van der Waals surface area contributed by atoms with Gasteiger partial charge in [-0.05, 0) is 21.9 Å². The second-order valence-corrected chi connectivity index (χ2v) is 4.43. The van der Waals surface area contributed by atoms with E-state index in [0.29, 0.717) is 0 Å². The molecule has 0 heterocycles. The van der Waals surface area contributed by atoms with Crippen molar-refractivity contribution in [2.75, 3.05) is 7.05 Å². The molecule has 0 spiro atoms. The lowest BCUT2D eigenvalue weighted by molar-refractivity contribution is -0.663. The van der Waals surface area contributed by atoms with Gasteiger partial charge in [-0.2, -0.15) is 0 Å². The smallest absolute Gasteiger partial charge is 0.0939 e. The maximum atomic E-state index is 2.34. The lowest BCUT2D eigenvalue weighted by atomic mass is 9.86. The van der Waals surface area contributed by atoms with Crippen LogP contribution >= 0.6 is 0 Å². The molecule has 0 fully saturated rings. The molecule has 1 nitrogen and oxygen atoms in total. The number of rotatable bonds is 1. The third-order valence-corrected chi connectivity index (χ3v) is 3.51. The van der Waals surface area contributed by atoms with E-state index in [1.54, 1.807) is 0 Å². The van der Waals surface area contributed by atoms with Crippen LogP contribution in [0.1, 0.15) is 11.1 Å². The number of hydrogen-bond donors (Lipinski definition) is 1. The Morgan fingerprint density at radius 3 is 2.13 bits per heavy atom. The molecule has 0 atom stereocenters. The minimum absolute atomic E-state index is 0.727. The van der Waals surface area contributed by atoms with Crippen molar-refractivity contribution in [1.82, 2.24) is 0 Å². The first-order chi connectivity index (χ1) is 7.38. The molecular weight excluding hydrogens is 182 g/mol. The zero-order valence-electron chi connectivity index (χ0n) is 9.03. The summed E-state index contributed by atoms with van der Waals surface area (Å²) in [5.74, 6) is 0. The standard InChI is InChI=1S/C14H15N/c1-15-13-8-11-6-2-4-10-5-3-7-12(9-13)14(10)11/h2-7,13,15H,8-9H2,1H3/p+1. The Morgan fingerprint density at radius 2 is 1.60 bits per heavy atom. The quantitative estimate of drug-likeness (QED) is 0.715. The van der Waals surface area contributed by atoms with Crippen LogP contribution in [-0.4, -0.2) is 13.1 Å². The first kappa shape index (κ1) is 8.93. The fraction of sp³-hybridized carbons (Fsp3) is 0.286. The predicted molar refractivity (Wildman–Crippen MR) is 63.0 cm³/mol. The molecule has 1 aliphatic rings. The number of nitrogens with two attached hydrogens (primary N) is 1. The van der Waals surface area contributed by atoms with Gasteiger partial charge in [-0.1, -0.05) is 36.4 Å². The highest BCUT2D eigenvalue weighted by Gasteiger charge is 2.20. The molecule has 2 aromatic carbocycles. The normalized spacial score (nSPS) is 15.8. The van der Waals surface area contributed by atoms with Gasteiger partial charge in [-0.25, -0.2) is 0 Å². The van der Waals surface area contributed by atoms with E-state index in [1.165, 1.54) is 34.7 Å². The summed E-state index contributed by atoms with van der Waals surface area (Å²) in [5, 5.41) is 5.26. The van der Waals surface area contributed by atoms with Crippen molar-refractivity contribution < 1.29 is 5.32 Å². The van der Waals surface area contributed by atoms with Gasteiger partial charge in [0.15, 0.2) is 0 Å². The molecule has 15 heavy (non-hydrogen) atoms. The molecule has 2 aromatic rings. The Kier molecular flexibility index (Phi) is 2.00. The summed E-state index contributed by atoms with van der Waals surface area (Å²) in [6.07, 6.45) is 2.43. The maximum absolute atomic E-state index is 2.34. The van der Waals surface area contributed by atoms with Crippen molar-refractivity contribution in [3.8, 4) is 0 Å².